The quantitative estimate of drug-likeness (QED) is 0.825. The van der Waals surface area contributed by atoms with Gasteiger partial charge in [-0.3, -0.25) is 9.69 Å². The zero-order chi connectivity index (χ0) is 19.2. The average Bonchev–Trinajstić information content (AvgIpc) is 2.68. The molecule has 2 unspecified atom stereocenters. The van der Waals surface area contributed by atoms with Crippen molar-refractivity contribution in [3.05, 3.63) is 24.3 Å². The summed E-state index contributed by atoms with van der Waals surface area (Å²) in [6, 6.07) is 8.24. The molecule has 6 nitrogen and oxygen atoms in total. The van der Waals surface area contributed by atoms with Crippen molar-refractivity contribution in [3.63, 3.8) is 0 Å². The zero-order valence-corrected chi connectivity index (χ0v) is 17.0. The predicted molar refractivity (Wildman–Crippen MR) is 109 cm³/mol. The molecule has 0 aliphatic carbocycles. The number of methoxy groups -OCH3 is 1. The Bertz CT molecular complexity index is 616. The first-order chi connectivity index (χ1) is 13.1. The Hall–Kier alpha value is -1.63. The topological polar surface area (TPSA) is 48.1 Å². The molecule has 0 bridgehead atoms. The number of nitrogens with zero attached hydrogens (tertiary/aromatic N) is 3. The number of ether oxygens (including phenoxy) is 1. The van der Waals surface area contributed by atoms with Crippen LogP contribution in [0.15, 0.2) is 24.3 Å². The summed E-state index contributed by atoms with van der Waals surface area (Å²) >= 11 is 0. The summed E-state index contributed by atoms with van der Waals surface area (Å²) in [4.78, 5) is 19.9. The summed E-state index contributed by atoms with van der Waals surface area (Å²) in [5.74, 6) is 1.40. The van der Waals surface area contributed by atoms with Crippen LogP contribution in [0, 0.1) is 5.92 Å². The van der Waals surface area contributed by atoms with Gasteiger partial charge in [0, 0.05) is 51.7 Å². The summed E-state index contributed by atoms with van der Waals surface area (Å²) in [6.45, 7) is 10.1. The molecule has 3 rings (SSSR count). The molecule has 1 aromatic carbocycles. The molecule has 2 heterocycles. The second-order valence-corrected chi connectivity index (χ2v) is 7.97. The van der Waals surface area contributed by atoms with Crippen LogP contribution in [0.4, 0.5) is 5.69 Å². The van der Waals surface area contributed by atoms with Gasteiger partial charge in [-0.15, -0.1) is 0 Å². The van der Waals surface area contributed by atoms with Crippen LogP contribution in [0.5, 0.6) is 5.75 Å². The van der Waals surface area contributed by atoms with Crippen molar-refractivity contribution in [1.82, 2.24) is 14.7 Å². The summed E-state index contributed by atoms with van der Waals surface area (Å²) in [7, 11) is 3.83. The van der Waals surface area contributed by atoms with E-state index in [1.807, 2.05) is 24.3 Å². The Morgan fingerprint density at radius 2 is 1.93 bits per heavy atom. The highest BCUT2D eigenvalue weighted by Crippen LogP contribution is 2.25. The van der Waals surface area contributed by atoms with Crippen LogP contribution in [-0.4, -0.2) is 86.6 Å². The van der Waals surface area contributed by atoms with E-state index in [0.717, 1.165) is 25.3 Å². The number of carbonyl (C=O) groups is 1. The van der Waals surface area contributed by atoms with Gasteiger partial charge in [-0.25, -0.2) is 0 Å². The Morgan fingerprint density at radius 3 is 2.63 bits per heavy atom. The molecule has 1 N–H and O–H groups in total. The number of piperazine rings is 1. The lowest BCUT2D eigenvalue weighted by molar-refractivity contribution is -0.116. The van der Waals surface area contributed by atoms with Gasteiger partial charge in [0.05, 0.1) is 12.8 Å². The smallest absolute Gasteiger partial charge is 0.225 e. The van der Waals surface area contributed by atoms with E-state index in [1.54, 1.807) is 7.11 Å². The highest BCUT2D eigenvalue weighted by molar-refractivity contribution is 5.92. The number of benzene rings is 1. The van der Waals surface area contributed by atoms with Gasteiger partial charge in [0.25, 0.3) is 0 Å². The largest absolute Gasteiger partial charge is 0.495 e. The number of para-hydroxylation sites is 2. The van der Waals surface area contributed by atoms with E-state index >= 15 is 0 Å². The lowest BCUT2D eigenvalue weighted by Crippen LogP contribution is -2.55. The average molecular weight is 375 g/mol. The summed E-state index contributed by atoms with van der Waals surface area (Å²) in [5.41, 5.74) is 0.743. The molecule has 2 fully saturated rings. The van der Waals surface area contributed by atoms with Gasteiger partial charge in [0.2, 0.25) is 5.91 Å². The number of rotatable bonds is 6. The molecule has 2 aliphatic heterocycles. The molecule has 1 amide bonds. The molecule has 2 aliphatic rings. The number of hydrogen-bond donors (Lipinski definition) is 1. The van der Waals surface area contributed by atoms with Crippen molar-refractivity contribution in [1.29, 1.82) is 0 Å². The monoisotopic (exact) mass is 374 g/mol. The van der Waals surface area contributed by atoms with Gasteiger partial charge in [0.15, 0.2) is 0 Å². The van der Waals surface area contributed by atoms with E-state index in [0.29, 0.717) is 24.1 Å². The van der Waals surface area contributed by atoms with Crippen LogP contribution in [0.2, 0.25) is 0 Å². The maximum atomic E-state index is 12.3. The standard InChI is InChI=1S/C21H34N4O2/c1-17-16-24(10-8-19(17)25-14-12-23(2)13-15-25)11-9-21(26)22-18-6-4-5-7-20(18)27-3/h4-7,17,19H,8-16H2,1-3H3,(H,22,26). The minimum atomic E-state index is 0.0494. The van der Waals surface area contributed by atoms with E-state index in [4.69, 9.17) is 4.74 Å². The number of anilines is 1. The van der Waals surface area contributed by atoms with Crippen molar-refractivity contribution in [2.24, 2.45) is 5.92 Å². The van der Waals surface area contributed by atoms with Gasteiger partial charge in [-0.2, -0.15) is 0 Å². The van der Waals surface area contributed by atoms with Crippen LogP contribution in [-0.2, 0) is 4.79 Å². The Kier molecular flexibility index (Phi) is 7.10. The SMILES string of the molecule is COc1ccccc1NC(=O)CCN1CCC(N2CCN(C)CC2)C(C)C1. The Morgan fingerprint density at radius 1 is 1.19 bits per heavy atom. The molecule has 6 heteroatoms. The molecule has 2 saturated heterocycles. The van der Waals surface area contributed by atoms with E-state index in [-0.39, 0.29) is 5.91 Å². The summed E-state index contributed by atoms with van der Waals surface area (Å²) < 4.78 is 5.30. The fraction of sp³-hybridized carbons (Fsp3) is 0.667. The van der Waals surface area contributed by atoms with Gasteiger partial charge < -0.3 is 19.9 Å². The first kappa shape index (κ1) is 20.1. The number of carbonyl (C=O) groups excluding carboxylic acids is 1. The van der Waals surface area contributed by atoms with Gasteiger partial charge >= 0.3 is 0 Å². The number of piperidine rings is 1. The lowest BCUT2D eigenvalue weighted by atomic mass is 9.91. The third-order valence-electron chi connectivity index (χ3n) is 5.99. The summed E-state index contributed by atoms with van der Waals surface area (Å²) in [6.07, 6.45) is 1.73. The molecular formula is C21H34N4O2. The van der Waals surface area contributed by atoms with E-state index in [2.05, 4.69) is 34.0 Å². The van der Waals surface area contributed by atoms with Gasteiger partial charge in [0.1, 0.15) is 5.75 Å². The van der Waals surface area contributed by atoms with E-state index in [9.17, 15) is 4.79 Å². The second-order valence-electron chi connectivity index (χ2n) is 7.97. The molecule has 1 aromatic rings. The normalized spacial score (nSPS) is 25.3. The van der Waals surface area contributed by atoms with Crippen LogP contribution in [0.3, 0.4) is 0 Å². The fourth-order valence-electron chi connectivity index (χ4n) is 4.34. The number of nitrogens with one attached hydrogen (secondary N) is 1. The minimum absolute atomic E-state index is 0.0494. The first-order valence-corrected chi connectivity index (χ1v) is 10.1. The first-order valence-electron chi connectivity index (χ1n) is 10.1. The fourth-order valence-corrected chi connectivity index (χ4v) is 4.34. The van der Waals surface area contributed by atoms with Crippen molar-refractivity contribution < 1.29 is 9.53 Å². The number of amides is 1. The minimum Gasteiger partial charge on any atom is -0.495 e. The summed E-state index contributed by atoms with van der Waals surface area (Å²) in [5, 5.41) is 2.97. The van der Waals surface area contributed by atoms with Crippen LogP contribution in [0.1, 0.15) is 19.8 Å². The molecule has 150 valence electrons. The molecule has 0 radical (unpaired) electrons. The number of hydrogen-bond acceptors (Lipinski definition) is 5. The Labute approximate surface area is 163 Å². The zero-order valence-electron chi connectivity index (χ0n) is 17.0. The predicted octanol–water partition coefficient (Wildman–Crippen LogP) is 1.98. The van der Waals surface area contributed by atoms with Crippen molar-refractivity contribution in [2.75, 3.05) is 65.3 Å². The lowest BCUT2D eigenvalue weighted by Gasteiger charge is -2.45. The van der Waals surface area contributed by atoms with Crippen molar-refractivity contribution >= 4 is 11.6 Å². The molecule has 0 spiro atoms. The Balaban J connectivity index is 1.42. The maximum absolute atomic E-state index is 12.3. The molecule has 0 saturated carbocycles. The van der Waals surface area contributed by atoms with Crippen LogP contribution < -0.4 is 10.1 Å². The molecule has 0 aromatic heterocycles. The third-order valence-corrected chi connectivity index (χ3v) is 5.99. The van der Waals surface area contributed by atoms with E-state index < -0.39 is 0 Å². The number of likely N-dealkylation sites (N-methyl/N-ethyl adjacent to an activating group) is 1. The third kappa shape index (κ3) is 5.43. The second kappa shape index (κ2) is 9.53. The van der Waals surface area contributed by atoms with E-state index in [1.165, 1.54) is 32.6 Å². The van der Waals surface area contributed by atoms with Gasteiger partial charge in [-0.1, -0.05) is 19.1 Å². The van der Waals surface area contributed by atoms with Crippen LogP contribution in [0.25, 0.3) is 0 Å². The highest BCUT2D eigenvalue weighted by Gasteiger charge is 2.31. The molecule has 2 atom stereocenters. The molecule has 27 heavy (non-hydrogen) atoms. The number of likely N-dealkylation sites (tertiary alicyclic amines) is 1. The highest BCUT2D eigenvalue weighted by atomic mass is 16.5. The van der Waals surface area contributed by atoms with Gasteiger partial charge in [-0.05, 0) is 38.1 Å². The van der Waals surface area contributed by atoms with Crippen molar-refractivity contribution in [2.45, 2.75) is 25.8 Å². The van der Waals surface area contributed by atoms with Crippen molar-refractivity contribution in [3.8, 4) is 5.75 Å². The van der Waals surface area contributed by atoms with Crippen LogP contribution >= 0.6 is 0 Å². The molecular weight excluding hydrogens is 340 g/mol. The maximum Gasteiger partial charge on any atom is 0.225 e.